The first kappa shape index (κ1) is 13.4. The van der Waals surface area contributed by atoms with Gasteiger partial charge in [0.05, 0.1) is 0 Å². The van der Waals surface area contributed by atoms with Crippen LogP contribution >= 0.6 is 0 Å². The molecule has 0 saturated carbocycles. The van der Waals surface area contributed by atoms with Crippen LogP contribution in [0, 0.1) is 17.5 Å². The van der Waals surface area contributed by atoms with Gasteiger partial charge in [0, 0.05) is 6.07 Å². The van der Waals surface area contributed by atoms with Crippen molar-refractivity contribution >= 4 is 0 Å². The third kappa shape index (κ3) is 3.26. The summed E-state index contributed by atoms with van der Waals surface area (Å²) in [7, 11) is 0. The van der Waals surface area contributed by atoms with Crippen molar-refractivity contribution in [3.8, 4) is 11.5 Å². The minimum Gasteiger partial charge on any atom is -0.454 e. The Hall–Kier alpha value is -2.01. The summed E-state index contributed by atoms with van der Waals surface area (Å²) in [5, 5.41) is 0. The predicted octanol–water partition coefficient (Wildman–Crippen LogP) is 3.40. The number of rotatable bonds is 4. The van der Waals surface area contributed by atoms with Gasteiger partial charge >= 0.3 is 0 Å². The maximum absolute atomic E-state index is 13.4. The van der Waals surface area contributed by atoms with E-state index in [1.165, 1.54) is 18.2 Å². The van der Waals surface area contributed by atoms with E-state index in [0.29, 0.717) is 18.5 Å². The van der Waals surface area contributed by atoms with Crippen molar-refractivity contribution in [2.45, 2.75) is 6.42 Å². The van der Waals surface area contributed by atoms with Gasteiger partial charge in [-0.1, -0.05) is 6.07 Å². The summed E-state index contributed by atoms with van der Waals surface area (Å²) in [4.78, 5) is 0. The van der Waals surface area contributed by atoms with Gasteiger partial charge < -0.3 is 10.5 Å². The lowest BCUT2D eigenvalue weighted by Gasteiger charge is -2.09. The number of ether oxygens (including phenoxy) is 1. The Labute approximate surface area is 108 Å². The second-order valence-corrected chi connectivity index (χ2v) is 3.99. The molecular weight excluding hydrogens is 255 g/mol. The van der Waals surface area contributed by atoms with Crippen LogP contribution in [-0.2, 0) is 6.42 Å². The summed E-state index contributed by atoms with van der Waals surface area (Å²) >= 11 is 0. The Morgan fingerprint density at radius 2 is 1.84 bits per heavy atom. The molecule has 2 aromatic carbocycles. The molecule has 0 aliphatic rings. The maximum atomic E-state index is 13.4. The predicted molar refractivity (Wildman–Crippen MR) is 65.6 cm³/mol. The zero-order chi connectivity index (χ0) is 13.8. The van der Waals surface area contributed by atoms with Gasteiger partial charge in [-0.15, -0.1) is 0 Å². The molecule has 0 aromatic heterocycles. The van der Waals surface area contributed by atoms with Crippen molar-refractivity contribution in [3.63, 3.8) is 0 Å². The molecule has 5 heteroatoms. The molecule has 2 N–H and O–H groups in total. The number of benzene rings is 2. The van der Waals surface area contributed by atoms with E-state index >= 15 is 0 Å². The molecule has 0 saturated heterocycles. The van der Waals surface area contributed by atoms with Crippen LogP contribution in [0.2, 0.25) is 0 Å². The van der Waals surface area contributed by atoms with Crippen molar-refractivity contribution < 1.29 is 17.9 Å². The summed E-state index contributed by atoms with van der Waals surface area (Å²) in [5.74, 6) is -2.82. The fourth-order valence-corrected chi connectivity index (χ4v) is 1.68. The van der Waals surface area contributed by atoms with Crippen molar-refractivity contribution in [3.05, 3.63) is 59.4 Å². The van der Waals surface area contributed by atoms with Gasteiger partial charge in [0.1, 0.15) is 11.6 Å². The first-order valence-corrected chi connectivity index (χ1v) is 5.71. The smallest absolute Gasteiger partial charge is 0.201 e. The Morgan fingerprint density at radius 3 is 2.58 bits per heavy atom. The summed E-state index contributed by atoms with van der Waals surface area (Å²) in [6.45, 7) is 0.358. The van der Waals surface area contributed by atoms with Crippen molar-refractivity contribution in [2.24, 2.45) is 5.73 Å². The molecule has 2 rings (SSSR count). The Balaban J connectivity index is 2.30. The lowest BCUT2D eigenvalue weighted by Crippen LogP contribution is -2.03. The lowest BCUT2D eigenvalue weighted by molar-refractivity contribution is 0.413. The highest BCUT2D eigenvalue weighted by Crippen LogP contribution is 2.27. The molecule has 0 radical (unpaired) electrons. The van der Waals surface area contributed by atoms with E-state index in [-0.39, 0.29) is 11.5 Å². The number of halogens is 3. The molecule has 0 bridgehead atoms. The van der Waals surface area contributed by atoms with E-state index in [1.807, 2.05) is 0 Å². The molecule has 2 nitrogen and oxygen atoms in total. The molecule has 0 fully saturated rings. The lowest BCUT2D eigenvalue weighted by atomic mass is 10.1. The van der Waals surface area contributed by atoms with Gasteiger partial charge in [-0.05, 0) is 42.8 Å². The summed E-state index contributed by atoms with van der Waals surface area (Å²) in [6, 6.07) is 7.53. The van der Waals surface area contributed by atoms with Crippen LogP contribution < -0.4 is 10.5 Å². The first-order valence-electron chi connectivity index (χ1n) is 5.71. The molecular formula is C14H12F3NO. The summed E-state index contributed by atoms with van der Waals surface area (Å²) in [5.41, 5.74) is 6.02. The highest BCUT2D eigenvalue weighted by atomic mass is 19.2. The van der Waals surface area contributed by atoms with E-state index in [4.69, 9.17) is 10.5 Å². The van der Waals surface area contributed by atoms with Crippen LogP contribution in [0.4, 0.5) is 13.2 Å². The Kier molecular flexibility index (Phi) is 4.06. The average Bonchev–Trinajstić information content (AvgIpc) is 2.35. The van der Waals surface area contributed by atoms with Gasteiger partial charge in [-0.2, -0.15) is 4.39 Å². The monoisotopic (exact) mass is 267 g/mol. The minimum absolute atomic E-state index is 0.105. The largest absolute Gasteiger partial charge is 0.454 e. The normalized spacial score (nSPS) is 10.5. The van der Waals surface area contributed by atoms with Crippen LogP contribution in [0.15, 0.2) is 36.4 Å². The fraction of sp³-hybridized carbons (Fsp3) is 0.143. The highest BCUT2D eigenvalue weighted by molar-refractivity contribution is 5.35. The van der Waals surface area contributed by atoms with Crippen LogP contribution in [0.3, 0.4) is 0 Å². The van der Waals surface area contributed by atoms with Crippen LogP contribution in [0.5, 0.6) is 11.5 Å². The fourth-order valence-electron chi connectivity index (χ4n) is 1.68. The number of hydrogen-bond acceptors (Lipinski definition) is 2. The molecule has 0 unspecified atom stereocenters. The molecule has 0 spiro atoms. The van der Waals surface area contributed by atoms with Gasteiger partial charge in [-0.25, -0.2) is 8.78 Å². The van der Waals surface area contributed by atoms with Gasteiger partial charge in [-0.3, -0.25) is 0 Å². The quantitative estimate of drug-likeness (QED) is 0.921. The van der Waals surface area contributed by atoms with E-state index in [0.717, 1.165) is 12.1 Å². The van der Waals surface area contributed by atoms with E-state index in [1.54, 1.807) is 6.07 Å². The third-order valence-electron chi connectivity index (χ3n) is 2.51. The molecule has 100 valence electrons. The van der Waals surface area contributed by atoms with Crippen LogP contribution in [-0.4, -0.2) is 6.54 Å². The molecule has 2 aromatic rings. The number of nitrogens with two attached hydrogens (primary N) is 1. The Bertz CT molecular complexity index is 587. The third-order valence-corrected chi connectivity index (χ3v) is 2.51. The van der Waals surface area contributed by atoms with Gasteiger partial charge in [0.2, 0.25) is 5.82 Å². The van der Waals surface area contributed by atoms with Crippen molar-refractivity contribution in [1.29, 1.82) is 0 Å². The second-order valence-electron chi connectivity index (χ2n) is 3.99. The highest BCUT2D eigenvalue weighted by Gasteiger charge is 2.10. The molecule has 19 heavy (non-hydrogen) atoms. The van der Waals surface area contributed by atoms with Crippen molar-refractivity contribution in [1.82, 2.24) is 0 Å². The average molecular weight is 267 g/mol. The standard InChI is InChI=1S/C14H12F3NO/c15-10-6-9(4-5-18)7-11(8-10)19-13-3-1-2-12(16)14(13)17/h1-3,6-8H,4-5,18H2. The molecule has 0 amide bonds. The zero-order valence-corrected chi connectivity index (χ0v) is 10.00. The van der Waals surface area contributed by atoms with Crippen molar-refractivity contribution in [2.75, 3.05) is 6.54 Å². The molecule has 0 aliphatic carbocycles. The number of hydrogen-bond donors (Lipinski definition) is 1. The minimum atomic E-state index is -1.10. The van der Waals surface area contributed by atoms with E-state index in [9.17, 15) is 13.2 Å². The molecule has 0 heterocycles. The first-order chi connectivity index (χ1) is 9.10. The van der Waals surface area contributed by atoms with Crippen LogP contribution in [0.1, 0.15) is 5.56 Å². The van der Waals surface area contributed by atoms with Crippen LogP contribution in [0.25, 0.3) is 0 Å². The summed E-state index contributed by atoms with van der Waals surface area (Å²) < 4.78 is 44.9. The topological polar surface area (TPSA) is 35.2 Å². The van der Waals surface area contributed by atoms with Gasteiger partial charge in [0.25, 0.3) is 0 Å². The summed E-state index contributed by atoms with van der Waals surface area (Å²) in [6.07, 6.45) is 0.472. The SMILES string of the molecule is NCCc1cc(F)cc(Oc2cccc(F)c2F)c1. The molecule has 0 aliphatic heterocycles. The maximum Gasteiger partial charge on any atom is 0.201 e. The van der Waals surface area contributed by atoms with E-state index < -0.39 is 17.5 Å². The van der Waals surface area contributed by atoms with Gasteiger partial charge in [0.15, 0.2) is 11.6 Å². The van der Waals surface area contributed by atoms with E-state index in [2.05, 4.69) is 0 Å². The molecule has 0 atom stereocenters. The zero-order valence-electron chi connectivity index (χ0n) is 10.00. The second kappa shape index (κ2) is 5.75. The Morgan fingerprint density at radius 1 is 1.05 bits per heavy atom.